The van der Waals surface area contributed by atoms with Gasteiger partial charge in [-0.3, -0.25) is 9.78 Å². The first-order chi connectivity index (χ1) is 10.2. The predicted octanol–water partition coefficient (Wildman–Crippen LogP) is 1.69. The van der Waals surface area contributed by atoms with E-state index in [1.165, 1.54) is 0 Å². The molecular weight excluding hydrogens is 268 g/mol. The number of ether oxygens (including phenoxy) is 1. The van der Waals surface area contributed by atoms with Gasteiger partial charge in [-0.1, -0.05) is 0 Å². The largest absolute Gasteiger partial charge is 0.373 e. The van der Waals surface area contributed by atoms with Crippen LogP contribution in [-0.4, -0.2) is 52.6 Å². The van der Waals surface area contributed by atoms with Gasteiger partial charge in [-0.25, -0.2) is 4.98 Å². The zero-order chi connectivity index (χ0) is 14.7. The topological polar surface area (TPSA) is 67.4 Å². The second-order valence-corrected chi connectivity index (χ2v) is 6.04. The molecular formula is C15H22N4O2. The Balaban J connectivity index is 1.64. The lowest BCUT2D eigenvalue weighted by Gasteiger charge is -2.23. The van der Waals surface area contributed by atoms with Crippen molar-refractivity contribution in [2.75, 3.05) is 31.6 Å². The van der Waals surface area contributed by atoms with Gasteiger partial charge in [0.2, 0.25) is 0 Å². The van der Waals surface area contributed by atoms with E-state index in [4.69, 9.17) is 4.74 Å². The Bertz CT molecular complexity index is 508. The van der Waals surface area contributed by atoms with Crippen LogP contribution in [0.25, 0.3) is 0 Å². The average molecular weight is 290 g/mol. The second-order valence-electron chi connectivity index (χ2n) is 6.04. The number of amides is 1. The maximum Gasteiger partial charge on any atom is 0.274 e. The molecule has 1 aromatic heterocycles. The molecule has 114 valence electrons. The first kappa shape index (κ1) is 14.3. The molecule has 21 heavy (non-hydrogen) atoms. The van der Waals surface area contributed by atoms with Crippen molar-refractivity contribution in [1.29, 1.82) is 0 Å². The van der Waals surface area contributed by atoms with Gasteiger partial charge in [0.15, 0.2) is 0 Å². The first-order valence-electron chi connectivity index (χ1n) is 7.65. The molecule has 1 N–H and O–H groups in total. The molecule has 1 amide bonds. The maximum atomic E-state index is 12.3. The zero-order valence-corrected chi connectivity index (χ0v) is 12.5. The highest BCUT2D eigenvalue weighted by atomic mass is 16.5. The summed E-state index contributed by atoms with van der Waals surface area (Å²) in [6.45, 7) is 5.24. The van der Waals surface area contributed by atoms with Crippen LogP contribution in [0.3, 0.4) is 0 Å². The molecule has 0 radical (unpaired) electrons. The minimum absolute atomic E-state index is 0.0213. The van der Waals surface area contributed by atoms with E-state index < -0.39 is 0 Å². The summed E-state index contributed by atoms with van der Waals surface area (Å²) in [5.41, 5.74) is 0.274. The van der Waals surface area contributed by atoms with Gasteiger partial charge in [-0.15, -0.1) is 0 Å². The van der Waals surface area contributed by atoms with E-state index in [-0.39, 0.29) is 11.5 Å². The highest BCUT2D eigenvalue weighted by Crippen LogP contribution is 2.25. The summed E-state index contributed by atoms with van der Waals surface area (Å²) < 4.78 is 5.74. The standard InChI is InChI=1S/C15H22N4O2/c1-15(5-4-8-21-15)11-17-13-10-16-9-12(18-13)14(20)19-6-2-3-7-19/h9-10H,2-8,11H2,1H3,(H,17,18). The van der Waals surface area contributed by atoms with Gasteiger partial charge in [0.1, 0.15) is 11.5 Å². The molecule has 2 aliphatic heterocycles. The average Bonchev–Trinajstić information content (AvgIpc) is 3.17. The van der Waals surface area contributed by atoms with E-state index in [9.17, 15) is 4.79 Å². The smallest absolute Gasteiger partial charge is 0.274 e. The Hall–Kier alpha value is -1.69. The van der Waals surface area contributed by atoms with Crippen LogP contribution >= 0.6 is 0 Å². The minimum Gasteiger partial charge on any atom is -0.373 e. The van der Waals surface area contributed by atoms with Crippen molar-refractivity contribution in [3.63, 3.8) is 0 Å². The maximum absolute atomic E-state index is 12.3. The molecule has 0 aliphatic carbocycles. The Morgan fingerprint density at radius 1 is 1.38 bits per heavy atom. The molecule has 0 bridgehead atoms. The van der Waals surface area contributed by atoms with Crippen molar-refractivity contribution < 1.29 is 9.53 Å². The van der Waals surface area contributed by atoms with E-state index in [2.05, 4.69) is 22.2 Å². The molecule has 6 heteroatoms. The number of carbonyl (C=O) groups is 1. The SMILES string of the molecule is CC1(CNc2cncc(C(=O)N3CCCC3)n2)CCCO1. The molecule has 0 saturated carbocycles. The van der Waals surface area contributed by atoms with Gasteiger partial charge in [0.05, 0.1) is 18.0 Å². The third-order valence-corrected chi connectivity index (χ3v) is 4.19. The van der Waals surface area contributed by atoms with Gasteiger partial charge in [0, 0.05) is 26.2 Å². The molecule has 2 fully saturated rings. The van der Waals surface area contributed by atoms with Gasteiger partial charge in [-0.2, -0.15) is 0 Å². The van der Waals surface area contributed by atoms with E-state index in [1.54, 1.807) is 12.4 Å². The quantitative estimate of drug-likeness (QED) is 0.914. The Kier molecular flexibility index (Phi) is 4.05. The molecule has 0 spiro atoms. The van der Waals surface area contributed by atoms with E-state index in [0.29, 0.717) is 18.1 Å². The van der Waals surface area contributed by atoms with Crippen LogP contribution in [0.15, 0.2) is 12.4 Å². The molecule has 3 heterocycles. The van der Waals surface area contributed by atoms with Crippen molar-refractivity contribution in [1.82, 2.24) is 14.9 Å². The second kappa shape index (κ2) is 5.97. The lowest BCUT2D eigenvalue weighted by molar-refractivity contribution is 0.0314. The highest BCUT2D eigenvalue weighted by molar-refractivity contribution is 5.92. The summed E-state index contributed by atoms with van der Waals surface area (Å²) in [6.07, 6.45) is 7.48. The number of anilines is 1. The number of carbonyl (C=O) groups excluding carboxylic acids is 1. The Labute approximate surface area is 124 Å². The van der Waals surface area contributed by atoms with Gasteiger partial charge in [-0.05, 0) is 32.6 Å². The summed E-state index contributed by atoms with van der Waals surface area (Å²) in [6, 6.07) is 0. The number of hydrogen-bond donors (Lipinski definition) is 1. The molecule has 1 aromatic rings. The normalized spacial score (nSPS) is 25.3. The van der Waals surface area contributed by atoms with Crippen molar-refractivity contribution in [3.8, 4) is 0 Å². The summed E-state index contributed by atoms with van der Waals surface area (Å²) in [5.74, 6) is 0.615. The molecule has 3 rings (SSSR count). The summed E-state index contributed by atoms with van der Waals surface area (Å²) in [5, 5.41) is 3.24. The molecule has 1 unspecified atom stereocenters. The number of nitrogens with one attached hydrogen (secondary N) is 1. The van der Waals surface area contributed by atoms with Crippen LogP contribution in [0.5, 0.6) is 0 Å². The number of nitrogens with zero attached hydrogens (tertiary/aromatic N) is 3. The molecule has 6 nitrogen and oxygen atoms in total. The lowest BCUT2D eigenvalue weighted by Crippen LogP contribution is -2.33. The molecule has 0 aromatic carbocycles. The van der Waals surface area contributed by atoms with Crippen molar-refractivity contribution in [2.45, 2.75) is 38.2 Å². The Morgan fingerprint density at radius 2 is 2.19 bits per heavy atom. The number of rotatable bonds is 4. The highest BCUT2D eigenvalue weighted by Gasteiger charge is 2.29. The van der Waals surface area contributed by atoms with E-state index >= 15 is 0 Å². The van der Waals surface area contributed by atoms with Crippen molar-refractivity contribution in [3.05, 3.63) is 18.1 Å². The van der Waals surface area contributed by atoms with Crippen LogP contribution in [0.2, 0.25) is 0 Å². The van der Waals surface area contributed by atoms with Crippen LogP contribution in [0.1, 0.15) is 43.1 Å². The van der Waals surface area contributed by atoms with E-state index in [1.807, 2.05) is 4.90 Å². The fourth-order valence-corrected chi connectivity index (χ4v) is 2.89. The minimum atomic E-state index is -0.142. The predicted molar refractivity (Wildman–Crippen MR) is 79.3 cm³/mol. The lowest BCUT2D eigenvalue weighted by atomic mass is 10.0. The number of aromatic nitrogens is 2. The van der Waals surface area contributed by atoms with Crippen LogP contribution in [-0.2, 0) is 4.74 Å². The summed E-state index contributed by atoms with van der Waals surface area (Å²) in [7, 11) is 0. The monoisotopic (exact) mass is 290 g/mol. The van der Waals surface area contributed by atoms with Gasteiger partial charge in [0.25, 0.3) is 5.91 Å². The summed E-state index contributed by atoms with van der Waals surface area (Å²) in [4.78, 5) is 22.7. The Morgan fingerprint density at radius 3 is 2.90 bits per heavy atom. The van der Waals surface area contributed by atoms with Crippen LogP contribution in [0.4, 0.5) is 5.82 Å². The zero-order valence-electron chi connectivity index (χ0n) is 12.5. The number of hydrogen-bond acceptors (Lipinski definition) is 5. The molecule has 1 atom stereocenters. The van der Waals surface area contributed by atoms with Gasteiger partial charge < -0.3 is 15.0 Å². The number of likely N-dealkylation sites (tertiary alicyclic amines) is 1. The third-order valence-electron chi connectivity index (χ3n) is 4.19. The van der Waals surface area contributed by atoms with Gasteiger partial charge >= 0.3 is 0 Å². The molecule has 2 aliphatic rings. The first-order valence-corrected chi connectivity index (χ1v) is 7.65. The fraction of sp³-hybridized carbons (Fsp3) is 0.667. The van der Waals surface area contributed by atoms with Crippen molar-refractivity contribution in [2.24, 2.45) is 0 Å². The van der Waals surface area contributed by atoms with Crippen LogP contribution in [0, 0.1) is 0 Å². The van der Waals surface area contributed by atoms with Crippen LogP contribution < -0.4 is 5.32 Å². The fourth-order valence-electron chi connectivity index (χ4n) is 2.89. The van der Waals surface area contributed by atoms with Crippen molar-refractivity contribution >= 4 is 11.7 Å². The summed E-state index contributed by atoms with van der Waals surface area (Å²) >= 11 is 0. The van der Waals surface area contributed by atoms with E-state index in [0.717, 1.165) is 45.4 Å². The molecule has 2 saturated heterocycles. The third kappa shape index (κ3) is 3.32.